The SMILES string of the molecule is CCCC(NCC(=O)NC(C)c1cccc2ccccc12)C(=O)O. The van der Waals surface area contributed by atoms with E-state index in [2.05, 4.69) is 10.6 Å². The molecule has 0 spiro atoms. The zero-order chi connectivity index (χ0) is 17.5. The summed E-state index contributed by atoms with van der Waals surface area (Å²) in [5.74, 6) is -1.13. The van der Waals surface area contributed by atoms with Crippen LogP contribution in [0.4, 0.5) is 0 Å². The number of carboxylic acid groups (broad SMARTS) is 1. The van der Waals surface area contributed by atoms with Crippen LogP contribution >= 0.6 is 0 Å². The zero-order valence-electron chi connectivity index (χ0n) is 14.1. The molecule has 24 heavy (non-hydrogen) atoms. The van der Waals surface area contributed by atoms with Gasteiger partial charge in [-0.05, 0) is 29.7 Å². The average Bonchev–Trinajstić information content (AvgIpc) is 2.57. The second kappa shape index (κ2) is 8.45. The van der Waals surface area contributed by atoms with Crippen molar-refractivity contribution in [2.24, 2.45) is 0 Å². The first-order chi connectivity index (χ1) is 11.5. The van der Waals surface area contributed by atoms with Crippen LogP contribution < -0.4 is 10.6 Å². The van der Waals surface area contributed by atoms with Crippen LogP contribution in [0.15, 0.2) is 42.5 Å². The van der Waals surface area contributed by atoms with E-state index in [9.17, 15) is 9.59 Å². The maximum absolute atomic E-state index is 12.1. The third-order valence-electron chi connectivity index (χ3n) is 4.05. The van der Waals surface area contributed by atoms with Crippen LogP contribution in [0.25, 0.3) is 10.8 Å². The quantitative estimate of drug-likeness (QED) is 0.696. The third-order valence-corrected chi connectivity index (χ3v) is 4.05. The second-order valence-electron chi connectivity index (χ2n) is 5.92. The zero-order valence-corrected chi connectivity index (χ0v) is 14.1. The Morgan fingerprint density at radius 2 is 1.83 bits per heavy atom. The van der Waals surface area contributed by atoms with Crippen molar-refractivity contribution in [1.29, 1.82) is 0 Å². The Bertz CT molecular complexity index is 709. The predicted molar refractivity (Wildman–Crippen MR) is 94.8 cm³/mol. The molecule has 0 heterocycles. The van der Waals surface area contributed by atoms with Crippen LogP contribution in [0.5, 0.6) is 0 Å². The van der Waals surface area contributed by atoms with Gasteiger partial charge in [-0.15, -0.1) is 0 Å². The van der Waals surface area contributed by atoms with E-state index in [1.807, 2.05) is 56.3 Å². The highest BCUT2D eigenvalue weighted by Gasteiger charge is 2.18. The number of carbonyl (C=O) groups is 2. The van der Waals surface area contributed by atoms with Gasteiger partial charge in [0.2, 0.25) is 5.91 Å². The molecule has 128 valence electrons. The standard InChI is InChI=1S/C19H24N2O3/c1-3-7-17(19(23)24)20-12-18(22)21-13(2)15-11-6-9-14-8-4-5-10-16(14)15/h4-6,8-11,13,17,20H,3,7,12H2,1-2H3,(H,21,22)(H,23,24). The van der Waals surface area contributed by atoms with Gasteiger partial charge in [-0.3, -0.25) is 14.9 Å². The Kier molecular flexibility index (Phi) is 6.32. The highest BCUT2D eigenvalue weighted by atomic mass is 16.4. The topological polar surface area (TPSA) is 78.4 Å². The van der Waals surface area contributed by atoms with Crippen molar-refractivity contribution in [3.8, 4) is 0 Å². The number of hydrogen-bond donors (Lipinski definition) is 3. The minimum absolute atomic E-state index is 0.00786. The number of amides is 1. The number of carboxylic acids is 1. The largest absolute Gasteiger partial charge is 0.480 e. The van der Waals surface area contributed by atoms with Crippen LogP contribution in [-0.4, -0.2) is 29.6 Å². The number of fused-ring (bicyclic) bond motifs is 1. The Morgan fingerprint density at radius 3 is 2.54 bits per heavy atom. The summed E-state index contributed by atoms with van der Waals surface area (Å²) in [5, 5.41) is 17.1. The summed E-state index contributed by atoms with van der Waals surface area (Å²) in [5.41, 5.74) is 1.05. The molecule has 2 rings (SSSR count). The Morgan fingerprint density at radius 1 is 1.12 bits per heavy atom. The van der Waals surface area contributed by atoms with E-state index in [1.54, 1.807) is 0 Å². The highest BCUT2D eigenvalue weighted by molar-refractivity contribution is 5.87. The molecule has 2 aromatic carbocycles. The normalized spacial score (nSPS) is 13.4. The number of nitrogens with one attached hydrogen (secondary N) is 2. The number of benzene rings is 2. The van der Waals surface area contributed by atoms with Crippen molar-refractivity contribution in [2.45, 2.75) is 38.8 Å². The van der Waals surface area contributed by atoms with Crippen molar-refractivity contribution < 1.29 is 14.7 Å². The molecule has 0 aliphatic rings. The fourth-order valence-electron chi connectivity index (χ4n) is 2.82. The van der Waals surface area contributed by atoms with E-state index in [0.717, 1.165) is 22.8 Å². The van der Waals surface area contributed by atoms with Gasteiger partial charge >= 0.3 is 5.97 Å². The molecule has 5 heteroatoms. The molecule has 2 unspecified atom stereocenters. The molecule has 2 atom stereocenters. The van der Waals surface area contributed by atoms with E-state index in [4.69, 9.17) is 5.11 Å². The van der Waals surface area contributed by atoms with Crippen molar-refractivity contribution in [2.75, 3.05) is 6.54 Å². The lowest BCUT2D eigenvalue weighted by Gasteiger charge is -2.18. The second-order valence-corrected chi connectivity index (χ2v) is 5.92. The maximum atomic E-state index is 12.1. The lowest BCUT2D eigenvalue weighted by Crippen LogP contribution is -2.43. The molecular weight excluding hydrogens is 304 g/mol. The molecular formula is C19H24N2O3. The first-order valence-corrected chi connectivity index (χ1v) is 8.26. The highest BCUT2D eigenvalue weighted by Crippen LogP contribution is 2.23. The van der Waals surface area contributed by atoms with Gasteiger partial charge in [-0.1, -0.05) is 55.8 Å². The lowest BCUT2D eigenvalue weighted by atomic mass is 10.00. The van der Waals surface area contributed by atoms with Crippen molar-refractivity contribution in [3.05, 3.63) is 48.0 Å². The molecule has 0 aliphatic carbocycles. The molecule has 2 aromatic rings. The van der Waals surface area contributed by atoms with Crippen molar-refractivity contribution in [3.63, 3.8) is 0 Å². The summed E-state index contributed by atoms with van der Waals surface area (Å²) in [6, 6.07) is 13.2. The lowest BCUT2D eigenvalue weighted by molar-refractivity contribution is -0.139. The fourth-order valence-corrected chi connectivity index (χ4v) is 2.82. The molecule has 0 bridgehead atoms. The van der Waals surface area contributed by atoms with Crippen LogP contribution in [-0.2, 0) is 9.59 Å². The summed E-state index contributed by atoms with van der Waals surface area (Å²) in [7, 11) is 0. The van der Waals surface area contributed by atoms with Gasteiger partial charge in [-0.25, -0.2) is 0 Å². The summed E-state index contributed by atoms with van der Waals surface area (Å²) in [6.07, 6.45) is 1.25. The Balaban J connectivity index is 1.99. The van der Waals surface area contributed by atoms with Gasteiger partial charge in [0, 0.05) is 0 Å². The van der Waals surface area contributed by atoms with Gasteiger partial charge in [0.25, 0.3) is 0 Å². The van der Waals surface area contributed by atoms with E-state index in [-0.39, 0.29) is 18.5 Å². The van der Waals surface area contributed by atoms with E-state index in [1.165, 1.54) is 0 Å². The number of hydrogen-bond acceptors (Lipinski definition) is 3. The van der Waals surface area contributed by atoms with Gasteiger partial charge in [0.1, 0.15) is 6.04 Å². The molecule has 3 N–H and O–H groups in total. The maximum Gasteiger partial charge on any atom is 0.320 e. The first kappa shape index (κ1) is 17.9. The van der Waals surface area contributed by atoms with Crippen LogP contribution in [0.3, 0.4) is 0 Å². The Labute approximate surface area is 142 Å². The van der Waals surface area contributed by atoms with Crippen molar-refractivity contribution in [1.82, 2.24) is 10.6 Å². The predicted octanol–water partition coefficient (Wildman–Crippen LogP) is 2.86. The molecule has 0 aliphatic heterocycles. The number of carbonyl (C=O) groups excluding carboxylic acids is 1. The molecule has 0 aromatic heterocycles. The van der Waals surface area contributed by atoms with Gasteiger partial charge in [-0.2, -0.15) is 0 Å². The smallest absolute Gasteiger partial charge is 0.320 e. The van der Waals surface area contributed by atoms with Crippen LogP contribution in [0, 0.1) is 0 Å². The van der Waals surface area contributed by atoms with Gasteiger partial charge in [0.15, 0.2) is 0 Å². The molecule has 0 radical (unpaired) electrons. The van der Waals surface area contributed by atoms with Crippen LogP contribution in [0.2, 0.25) is 0 Å². The van der Waals surface area contributed by atoms with E-state index >= 15 is 0 Å². The summed E-state index contributed by atoms with van der Waals surface area (Å²) in [4.78, 5) is 23.2. The average molecular weight is 328 g/mol. The number of rotatable bonds is 8. The minimum Gasteiger partial charge on any atom is -0.480 e. The molecule has 5 nitrogen and oxygen atoms in total. The van der Waals surface area contributed by atoms with Crippen LogP contribution in [0.1, 0.15) is 38.3 Å². The minimum atomic E-state index is -0.924. The molecule has 0 saturated heterocycles. The molecule has 0 saturated carbocycles. The molecule has 1 amide bonds. The van der Waals surface area contributed by atoms with E-state index < -0.39 is 12.0 Å². The monoisotopic (exact) mass is 328 g/mol. The summed E-state index contributed by atoms with van der Waals surface area (Å²) < 4.78 is 0. The first-order valence-electron chi connectivity index (χ1n) is 8.26. The number of aliphatic carboxylic acids is 1. The van der Waals surface area contributed by atoms with Crippen molar-refractivity contribution >= 4 is 22.6 Å². The van der Waals surface area contributed by atoms with Gasteiger partial charge in [0.05, 0.1) is 12.6 Å². The third kappa shape index (κ3) is 4.55. The summed E-state index contributed by atoms with van der Waals surface area (Å²) in [6.45, 7) is 3.84. The Hall–Kier alpha value is -2.40. The molecule has 0 fully saturated rings. The summed E-state index contributed by atoms with van der Waals surface area (Å²) >= 11 is 0. The fraction of sp³-hybridized carbons (Fsp3) is 0.368. The van der Waals surface area contributed by atoms with E-state index in [0.29, 0.717) is 6.42 Å². The van der Waals surface area contributed by atoms with Gasteiger partial charge < -0.3 is 10.4 Å².